The predicted molar refractivity (Wildman–Crippen MR) is 126 cm³/mol. The third kappa shape index (κ3) is 5.71. The van der Waals surface area contributed by atoms with Crippen molar-refractivity contribution in [3.63, 3.8) is 0 Å². The van der Waals surface area contributed by atoms with Gasteiger partial charge >= 0.3 is 5.97 Å². The number of aromatic nitrogens is 2. The molecule has 1 aromatic carbocycles. The van der Waals surface area contributed by atoms with Crippen LogP contribution >= 0.6 is 0 Å². The number of anilines is 2. The van der Waals surface area contributed by atoms with Crippen molar-refractivity contribution < 1.29 is 14.7 Å². The van der Waals surface area contributed by atoms with Gasteiger partial charge in [-0.3, -0.25) is 14.6 Å². The van der Waals surface area contributed by atoms with Gasteiger partial charge in [0, 0.05) is 45.4 Å². The Morgan fingerprint density at radius 2 is 2.15 bits per heavy atom. The van der Waals surface area contributed by atoms with Crippen LogP contribution in [0.3, 0.4) is 0 Å². The van der Waals surface area contributed by atoms with E-state index in [-0.39, 0.29) is 12.3 Å². The minimum atomic E-state index is -0.775. The minimum absolute atomic E-state index is 0.153. The quantitative estimate of drug-likeness (QED) is 0.492. The first kappa shape index (κ1) is 22.8. The molecule has 1 aromatic heterocycles. The average Bonchev–Trinajstić information content (AvgIpc) is 3.13. The molecule has 3 heterocycles. The van der Waals surface area contributed by atoms with Crippen molar-refractivity contribution in [2.24, 2.45) is 4.99 Å². The highest BCUT2D eigenvalue weighted by molar-refractivity contribution is 6.13. The second-order valence-electron chi connectivity index (χ2n) is 8.35. The lowest BCUT2D eigenvalue weighted by Crippen LogP contribution is -2.44. The van der Waals surface area contributed by atoms with Crippen molar-refractivity contribution in [3.8, 4) is 0 Å². The van der Waals surface area contributed by atoms with E-state index in [1.807, 2.05) is 31.3 Å². The number of hydrogen-bond acceptors (Lipinski definition) is 8. The molecular weight excluding hydrogens is 422 g/mol. The van der Waals surface area contributed by atoms with E-state index >= 15 is 0 Å². The van der Waals surface area contributed by atoms with Crippen LogP contribution in [0.5, 0.6) is 0 Å². The van der Waals surface area contributed by atoms with E-state index in [0.29, 0.717) is 25.3 Å². The second kappa shape index (κ2) is 10.5. The topological polar surface area (TPSA) is 123 Å². The molecule has 33 heavy (non-hydrogen) atoms. The second-order valence-corrected chi connectivity index (χ2v) is 8.35. The maximum Gasteiger partial charge on any atom is 0.303 e. The summed E-state index contributed by atoms with van der Waals surface area (Å²) >= 11 is 0. The number of hydrogen-bond donors (Lipinski definition) is 3. The highest BCUT2D eigenvalue weighted by Gasteiger charge is 2.35. The number of aliphatic carboxylic acids is 1. The normalized spacial score (nSPS) is 18.1. The molecule has 174 valence electrons. The van der Waals surface area contributed by atoms with Crippen molar-refractivity contribution in [2.75, 3.05) is 50.0 Å². The molecule has 1 atom stereocenters. The average molecular weight is 452 g/mol. The number of rotatable bonds is 9. The first-order valence-electron chi connectivity index (χ1n) is 11.2. The van der Waals surface area contributed by atoms with Crippen LogP contribution in [0.4, 0.5) is 17.3 Å². The fourth-order valence-electron chi connectivity index (χ4n) is 4.16. The fraction of sp³-hybridized carbons (Fsp3) is 0.435. The molecule has 0 saturated carbocycles. The van der Waals surface area contributed by atoms with Crippen molar-refractivity contribution in [1.82, 2.24) is 20.2 Å². The standard InChI is InChI=1S/C23H29N7O3/c1-29(9-3-6-19(31)32)14-16-4-2-5-17(12-16)25-13-18-20-21(28-23(18)33)26-15-27-22(20)30-10-7-24-8-11-30/h2,4-5,12-13,15,18,24H,3,6-11,14H2,1H3,(H,31,32)(H,26,27,28,33). The number of carboxylic acid groups (broad SMARTS) is 1. The highest BCUT2D eigenvalue weighted by Crippen LogP contribution is 2.36. The van der Waals surface area contributed by atoms with Crippen molar-refractivity contribution in [3.05, 3.63) is 41.7 Å². The molecule has 0 radical (unpaired) electrons. The van der Waals surface area contributed by atoms with Gasteiger partial charge in [-0.1, -0.05) is 12.1 Å². The first-order valence-corrected chi connectivity index (χ1v) is 11.2. The lowest BCUT2D eigenvalue weighted by molar-refractivity contribution is -0.137. The van der Waals surface area contributed by atoms with Crippen LogP contribution in [-0.4, -0.2) is 77.8 Å². The largest absolute Gasteiger partial charge is 0.481 e. The first-order chi connectivity index (χ1) is 16.0. The number of carboxylic acids is 1. The Morgan fingerprint density at radius 1 is 1.33 bits per heavy atom. The number of fused-ring (bicyclic) bond motifs is 1. The summed E-state index contributed by atoms with van der Waals surface area (Å²) in [5.74, 6) is -0.138. The number of piperazine rings is 1. The molecule has 0 aliphatic carbocycles. The van der Waals surface area contributed by atoms with Gasteiger partial charge in [-0.2, -0.15) is 0 Å². The van der Waals surface area contributed by atoms with Gasteiger partial charge in [0.15, 0.2) is 0 Å². The molecule has 2 aromatic rings. The van der Waals surface area contributed by atoms with E-state index in [1.54, 1.807) is 6.21 Å². The molecule has 10 heteroatoms. The highest BCUT2D eigenvalue weighted by atomic mass is 16.4. The molecule has 1 amide bonds. The molecule has 4 rings (SSSR count). The summed E-state index contributed by atoms with van der Waals surface area (Å²) in [6.45, 7) is 4.78. The Labute approximate surface area is 192 Å². The Kier molecular flexibility index (Phi) is 7.26. The van der Waals surface area contributed by atoms with Gasteiger partial charge in [-0.25, -0.2) is 9.97 Å². The molecule has 10 nitrogen and oxygen atoms in total. The molecule has 3 N–H and O–H groups in total. The van der Waals surface area contributed by atoms with Gasteiger partial charge < -0.3 is 25.5 Å². The van der Waals surface area contributed by atoms with Gasteiger partial charge in [-0.15, -0.1) is 0 Å². The smallest absolute Gasteiger partial charge is 0.303 e. The number of carbonyl (C=O) groups is 2. The Bertz CT molecular complexity index is 1040. The van der Waals surface area contributed by atoms with E-state index in [4.69, 9.17) is 5.11 Å². The third-order valence-corrected chi connectivity index (χ3v) is 5.78. The van der Waals surface area contributed by atoms with Gasteiger partial charge in [-0.05, 0) is 37.7 Å². The fourth-order valence-corrected chi connectivity index (χ4v) is 4.16. The predicted octanol–water partition coefficient (Wildman–Crippen LogP) is 1.62. The lowest BCUT2D eigenvalue weighted by atomic mass is 10.0. The van der Waals surface area contributed by atoms with Crippen LogP contribution in [0.2, 0.25) is 0 Å². The molecule has 2 aliphatic rings. The van der Waals surface area contributed by atoms with Gasteiger partial charge in [0.1, 0.15) is 23.9 Å². The summed E-state index contributed by atoms with van der Waals surface area (Å²) in [5, 5.41) is 15.0. The van der Waals surface area contributed by atoms with E-state index in [0.717, 1.165) is 48.8 Å². The summed E-state index contributed by atoms with van der Waals surface area (Å²) in [6.07, 6.45) is 3.94. The maximum atomic E-state index is 12.7. The van der Waals surface area contributed by atoms with Crippen LogP contribution in [0.15, 0.2) is 35.6 Å². The summed E-state index contributed by atoms with van der Waals surface area (Å²) in [4.78, 5) is 41.0. The number of nitrogens with zero attached hydrogens (tertiary/aromatic N) is 5. The number of amides is 1. The zero-order chi connectivity index (χ0) is 23.2. The zero-order valence-corrected chi connectivity index (χ0v) is 18.7. The van der Waals surface area contributed by atoms with Crippen LogP contribution < -0.4 is 15.5 Å². The third-order valence-electron chi connectivity index (χ3n) is 5.78. The van der Waals surface area contributed by atoms with E-state index < -0.39 is 11.9 Å². The van der Waals surface area contributed by atoms with E-state index in [1.165, 1.54) is 6.33 Å². The molecule has 1 unspecified atom stereocenters. The van der Waals surface area contributed by atoms with Crippen LogP contribution in [0.25, 0.3) is 0 Å². The molecule has 1 saturated heterocycles. The summed E-state index contributed by atoms with van der Waals surface area (Å²) < 4.78 is 0. The summed E-state index contributed by atoms with van der Waals surface area (Å²) in [6, 6.07) is 7.83. The number of aliphatic imine (C=N–C) groups is 1. The van der Waals surface area contributed by atoms with Crippen LogP contribution in [-0.2, 0) is 16.1 Å². The monoisotopic (exact) mass is 451 g/mol. The van der Waals surface area contributed by atoms with Crippen molar-refractivity contribution in [2.45, 2.75) is 25.3 Å². The zero-order valence-electron chi connectivity index (χ0n) is 18.7. The summed E-state index contributed by atoms with van der Waals surface area (Å²) in [5.41, 5.74) is 2.61. The minimum Gasteiger partial charge on any atom is -0.481 e. The number of nitrogens with one attached hydrogen (secondary N) is 2. The van der Waals surface area contributed by atoms with Crippen LogP contribution in [0.1, 0.15) is 29.9 Å². The van der Waals surface area contributed by atoms with Crippen LogP contribution in [0, 0.1) is 0 Å². The van der Waals surface area contributed by atoms with Gasteiger partial charge in [0.05, 0.1) is 11.3 Å². The molecule has 2 aliphatic heterocycles. The van der Waals surface area contributed by atoms with Crippen molar-refractivity contribution >= 4 is 35.4 Å². The van der Waals surface area contributed by atoms with E-state index in [2.05, 4.69) is 35.4 Å². The number of benzene rings is 1. The molecular formula is C23H29N7O3. The Morgan fingerprint density at radius 3 is 2.94 bits per heavy atom. The lowest BCUT2D eigenvalue weighted by Gasteiger charge is -2.29. The number of carbonyl (C=O) groups excluding carboxylic acids is 1. The van der Waals surface area contributed by atoms with E-state index in [9.17, 15) is 9.59 Å². The SMILES string of the molecule is CN(CCCC(=O)O)Cc1cccc(N=CC2C(=O)Nc3ncnc(N4CCNCC4)c32)c1. The molecule has 0 spiro atoms. The maximum absolute atomic E-state index is 12.7. The van der Waals surface area contributed by atoms with Crippen molar-refractivity contribution in [1.29, 1.82) is 0 Å². The van der Waals surface area contributed by atoms with Gasteiger partial charge in [0.25, 0.3) is 0 Å². The molecule has 0 bridgehead atoms. The Hall–Kier alpha value is -3.37. The Balaban J connectivity index is 1.47. The molecule has 1 fully saturated rings. The summed E-state index contributed by atoms with van der Waals surface area (Å²) in [7, 11) is 1.97. The van der Waals surface area contributed by atoms with Gasteiger partial charge in [0.2, 0.25) is 5.91 Å².